The summed E-state index contributed by atoms with van der Waals surface area (Å²) < 4.78 is 7.49. The first-order valence-electron chi connectivity index (χ1n) is 7.96. The van der Waals surface area contributed by atoms with Gasteiger partial charge in [0.15, 0.2) is 5.75 Å². The first-order chi connectivity index (χ1) is 9.67. The monoisotopic (exact) mass is 279 g/mol. The van der Waals surface area contributed by atoms with Crippen molar-refractivity contribution in [2.45, 2.75) is 52.0 Å². The second-order valence-corrected chi connectivity index (χ2v) is 6.17. The first kappa shape index (κ1) is 15.4. The topological polar surface area (TPSA) is 39.1 Å². The average molecular weight is 279 g/mol. The summed E-state index contributed by atoms with van der Waals surface area (Å²) in [6.45, 7) is 5.63. The highest BCUT2D eigenvalue weighted by atomic mass is 16.5. The minimum atomic E-state index is 0.366. The molecule has 2 rings (SSSR count). The van der Waals surface area contributed by atoms with E-state index in [1.807, 2.05) is 17.9 Å². The van der Waals surface area contributed by atoms with Crippen LogP contribution in [0, 0.1) is 11.8 Å². The van der Waals surface area contributed by atoms with Crippen LogP contribution in [0.3, 0.4) is 0 Å². The fraction of sp³-hybridized carbons (Fsp3) is 0.812. The molecule has 0 aromatic carbocycles. The van der Waals surface area contributed by atoms with Crippen molar-refractivity contribution in [3.63, 3.8) is 0 Å². The molecule has 1 saturated carbocycles. The third kappa shape index (κ3) is 3.35. The first-order valence-corrected chi connectivity index (χ1v) is 7.96. The van der Waals surface area contributed by atoms with Crippen molar-refractivity contribution in [3.05, 3.63) is 11.9 Å². The smallest absolute Gasteiger partial charge is 0.161 e. The van der Waals surface area contributed by atoms with Gasteiger partial charge in [0.1, 0.15) is 0 Å². The van der Waals surface area contributed by atoms with Crippen LogP contribution in [0.1, 0.15) is 57.7 Å². The van der Waals surface area contributed by atoms with Crippen LogP contribution in [0.2, 0.25) is 0 Å². The van der Waals surface area contributed by atoms with Crippen LogP contribution >= 0.6 is 0 Å². The SMILES string of the molecule is CCCNC(c1c(OC)cnn1C)C1CCC(C)CC1. The van der Waals surface area contributed by atoms with Gasteiger partial charge >= 0.3 is 0 Å². The zero-order chi connectivity index (χ0) is 14.5. The Morgan fingerprint density at radius 1 is 1.40 bits per heavy atom. The highest BCUT2D eigenvalue weighted by Gasteiger charge is 2.30. The van der Waals surface area contributed by atoms with Crippen molar-refractivity contribution in [2.24, 2.45) is 18.9 Å². The lowest BCUT2D eigenvalue weighted by molar-refractivity contribution is 0.222. The number of hydrogen-bond acceptors (Lipinski definition) is 3. The van der Waals surface area contributed by atoms with Gasteiger partial charge in [-0.1, -0.05) is 26.7 Å². The van der Waals surface area contributed by atoms with Crippen molar-refractivity contribution in [2.75, 3.05) is 13.7 Å². The van der Waals surface area contributed by atoms with Crippen molar-refractivity contribution in [1.29, 1.82) is 0 Å². The molecule has 0 radical (unpaired) electrons. The summed E-state index contributed by atoms with van der Waals surface area (Å²) in [5.74, 6) is 2.49. The second-order valence-electron chi connectivity index (χ2n) is 6.17. The Bertz CT molecular complexity index is 408. The number of ether oxygens (including phenoxy) is 1. The number of aromatic nitrogens is 2. The van der Waals surface area contributed by atoms with Gasteiger partial charge in [0.2, 0.25) is 0 Å². The van der Waals surface area contributed by atoms with Crippen LogP contribution in [0.25, 0.3) is 0 Å². The normalized spacial score (nSPS) is 24.6. The number of rotatable bonds is 6. The average Bonchev–Trinajstić information content (AvgIpc) is 2.82. The Kier molecular flexibility index (Phi) is 5.46. The maximum atomic E-state index is 5.52. The van der Waals surface area contributed by atoms with Crippen LogP contribution in [0.15, 0.2) is 6.20 Å². The predicted molar refractivity (Wildman–Crippen MR) is 81.9 cm³/mol. The number of nitrogens with one attached hydrogen (secondary N) is 1. The molecule has 0 aliphatic heterocycles. The fourth-order valence-corrected chi connectivity index (χ4v) is 3.34. The van der Waals surface area contributed by atoms with Crippen molar-refractivity contribution in [1.82, 2.24) is 15.1 Å². The van der Waals surface area contributed by atoms with E-state index in [-0.39, 0.29) is 0 Å². The molecule has 1 fully saturated rings. The number of methoxy groups -OCH3 is 1. The van der Waals surface area contributed by atoms with Gasteiger partial charge in [0, 0.05) is 7.05 Å². The van der Waals surface area contributed by atoms with Gasteiger partial charge in [-0.05, 0) is 37.6 Å². The minimum Gasteiger partial charge on any atom is -0.493 e. The lowest BCUT2D eigenvalue weighted by Crippen LogP contribution is -2.33. The number of hydrogen-bond donors (Lipinski definition) is 1. The van der Waals surface area contributed by atoms with Crippen molar-refractivity contribution >= 4 is 0 Å². The van der Waals surface area contributed by atoms with Gasteiger partial charge in [0.25, 0.3) is 0 Å². The standard InChI is InChI=1S/C16H29N3O/c1-5-10-17-15(13-8-6-12(2)7-9-13)16-14(20-4)11-18-19(16)3/h11-13,15,17H,5-10H2,1-4H3. The van der Waals surface area contributed by atoms with Crippen LogP contribution in [-0.2, 0) is 7.05 Å². The number of aryl methyl sites for hydroxylation is 1. The maximum absolute atomic E-state index is 5.52. The molecule has 114 valence electrons. The summed E-state index contributed by atoms with van der Waals surface area (Å²) in [5.41, 5.74) is 1.21. The Labute approximate surface area is 122 Å². The lowest BCUT2D eigenvalue weighted by Gasteiger charge is -2.33. The van der Waals surface area contributed by atoms with Gasteiger partial charge in [-0.25, -0.2) is 0 Å². The van der Waals surface area contributed by atoms with E-state index in [4.69, 9.17) is 4.74 Å². The summed E-state index contributed by atoms with van der Waals surface area (Å²) in [5, 5.41) is 8.11. The molecule has 20 heavy (non-hydrogen) atoms. The zero-order valence-electron chi connectivity index (χ0n) is 13.4. The second kappa shape index (κ2) is 7.11. The Balaban J connectivity index is 2.20. The van der Waals surface area contributed by atoms with E-state index in [9.17, 15) is 0 Å². The van der Waals surface area contributed by atoms with Gasteiger partial charge in [-0.2, -0.15) is 5.10 Å². The molecule has 1 aliphatic carbocycles. The molecular formula is C16H29N3O. The third-order valence-electron chi connectivity index (χ3n) is 4.61. The molecule has 1 aromatic heterocycles. The van der Waals surface area contributed by atoms with Crippen molar-refractivity contribution in [3.8, 4) is 5.75 Å². The van der Waals surface area contributed by atoms with Crippen LogP contribution in [-0.4, -0.2) is 23.4 Å². The molecule has 4 heteroatoms. The van der Waals surface area contributed by atoms with Gasteiger partial charge in [-0.15, -0.1) is 0 Å². The van der Waals surface area contributed by atoms with E-state index in [0.29, 0.717) is 12.0 Å². The largest absolute Gasteiger partial charge is 0.493 e. The molecule has 1 atom stereocenters. The van der Waals surface area contributed by atoms with Gasteiger partial charge in [-0.3, -0.25) is 4.68 Å². The Hall–Kier alpha value is -1.03. The fourth-order valence-electron chi connectivity index (χ4n) is 3.34. The van der Waals surface area contributed by atoms with E-state index >= 15 is 0 Å². The third-order valence-corrected chi connectivity index (χ3v) is 4.61. The van der Waals surface area contributed by atoms with E-state index < -0.39 is 0 Å². The molecule has 1 aliphatic rings. The summed E-state index contributed by atoms with van der Waals surface area (Å²) in [4.78, 5) is 0. The van der Waals surface area contributed by atoms with Crippen LogP contribution < -0.4 is 10.1 Å². The Morgan fingerprint density at radius 2 is 2.10 bits per heavy atom. The molecular weight excluding hydrogens is 250 g/mol. The maximum Gasteiger partial charge on any atom is 0.161 e. The molecule has 1 N–H and O–H groups in total. The van der Waals surface area contributed by atoms with Crippen LogP contribution in [0.5, 0.6) is 5.75 Å². The molecule has 0 bridgehead atoms. The molecule has 0 amide bonds. The number of nitrogens with zero attached hydrogens (tertiary/aromatic N) is 2. The van der Waals surface area contributed by atoms with E-state index in [1.165, 1.54) is 31.4 Å². The van der Waals surface area contributed by atoms with E-state index in [0.717, 1.165) is 24.6 Å². The summed E-state index contributed by atoms with van der Waals surface area (Å²) in [6.07, 6.45) is 8.28. The molecule has 0 spiro atoms. The predicted octanol–water partition coefficient (Wildman–Crippen LogP) is 3.30. The highest BCUT2D eigenvalue weighted by molar-refractivity contribution is 5.28. The van der Waals surface area contributed by atoms with Gasteiger partial charge < -0.3 is 10.1 Å². The van der Waals surface area contributed by atoms with E-state index in [2.05, 4.69) is 24.3 Å². The Morgan fingerprint density at radius 3 is 2.70 bits per heavy atom. The molecule has 1 aromatic rings. The lowest BCUT2D eigenvalue weighted by atomic mass is 9.78. The van der Waals surface area contributed by atoms with Crippen LogP contribution in [0.4, 0.5) is 0 Å². The molecule has 0 saturated heterocycles. The molecule has 1 heterocycles. The zero-order valence-corrected chi connectivity index (χ0v) is 13.4. The van der Waals surface area contributed by atoms with E-state index in [1.54, 1.807) is 7.11 Å². The van der Waals surface area contributed by atoms with Crippen molar-refractivity contribution < 1.29 is 4.74 Å². The van der Waals surface area contributed by atoms with Gasteiger partial charge in [0.05, 0.1) is 25.0 Å². The quantitative estimate of drug-likeness (QED) is 0.868. The molecule has 4 nitrogen and oxygen atoms in total. The molecule has 1 unspecified atom stereocenters. The summed E-state index contributed by atoms with van der Waals surface area (Å²) >= 11 is 0. The minimum absolute atomic E-state index is 0.366. The highest BCUT2D eigenvalue weighted by Crippen LogP contribution is 2.39. The summed E-state index contributed by atoms with van der Waals surface area (Å²) in [7, 11) is 3.75. The summed E-state index contributed by atoms with van der Waals surface area (Å²) in [6, 6.07) is 0.366.